The van der Waals surface area contributed by atoms with Gasteiger partial charge in [-0.25, -0.2) is 13.6 Å². The van der Waals surface area contributed by atoms with E-state index in [2.05, 4.69) is 16.7 Å². The predicted octanol–water partition coefficient (Wildman–Crippen LogP) is 1.46. The molecule has 1 heterocycles. The van der Waals surface area contributed by atoms with Crippen LogP contribution in [0, 0.1) is 5.92 Å². The SMILES string of the molecule is NS(=O)(=O)c1ccc(CCNC(=O)c2cccc(CC3CCNC3)c2)cc1. The Morgan fingerprint density at radius 1 is 1.15 bits per heavy atom. The number of nitrogens with one attached hydrogen (secondary N) is 2. The highest BCUT2D eigenvalue weighted by molar-refractivity contribution is 7.89. The molecule has 0 spiro atoms. The molecule has 4 N–H and O–H groups in total. The standard InChI is InChI=1S/C20H25N3O3S/c21-27(25,26)19-6-4-15(5-7-19)9-11-23-20(24)18-3-1-2-16(13-18)12-17-8-10-22-14-17/h1-7,13,17,22H,8-12,14H2,(H,23,24)(H2,21,25,26). The zero-order chi connectivity index (χ0) is 19.3. The van der Waals surface area contributed by atoms with Crippen molar-refractivity contribution in [1.29, 1.82) is 0 Å². The van der Waals surface area contributed by atoms with Crippen molar-refractivity contribution in [3.05, 3.63) is 65.2 Å². The second kappa shape index (κ2) is 8.65. The van der Waals surface area contributed by atoms with Gasteiger partial charge in [-0.2, -0.15) is 0 Å². The Bertz CT molecular complexity index is 889. The van der Waals surface area contributed by atoms with Gasteiger partial charge in [-0.15, -0.1) is 0 Å². The highest BCUT2D eigenvalue weighted by Gasteiger charge is 2.15. The number of hydrogen-bond donors (Lipinski definition) is 3. The average molecular weight is 388 g/mol. The molecule has 7 heteroatoms. The van der Waals surface area contributed by atoms with Crippen LogP contribution in [-0.2, 0) is 22.9 Å². The van der Waals surface area contributed by atoms with Crippen molar-refractivity contribution in [2.75, 3.05) is 19.6 Å². The fourth-order valence-corrected chi connectivity index (χ4v) is 3.85. The lowest BCUT2D eigenvalue weighted by molar-refractivity contribution is 0.0954. The Hall–Kier alpha value is -2.22. The second-order valence-electron chi connectivity index (χ2n) is 6.96. The van der Waals surface area contributed by atoms with Crippen LogP contribution in [0.15, 0.2) is 53.4 Å². The maximum absolute atomic E-state index is 12.4. The lowest BCUT2D eigenvalue weighted by Crippen LogP contribution is -2.25. The summed E-state index contributed by atoms with van der Waals surface area (Å²) in [5.41, 5.74) is 2.79. The average Bonchev–Trinajstić information content (AvgIpc) is 3.14. The first-order valence-electron chi connectivity index (χ1n) is 9.11. The summed E-state index contributed by atoms with van der Waals surface area (Å²) in [6, 6.07) is 14.2. The minimum absolute atomic E-state index is 0.0876. The summed E-state index contributed by atoms with van der Waals surface area (Å²) < 4.78 is 22.5. The molecule has 1 saturated heterocycles. The third kappa shape index (κ3) is 5.63. The summed E-state index contributed by atoms with van der Waals surface area (Å²) in [7, 11) is -3.68. The summed E-state index contributed by atoms with van der Waals surface area (Å²) in [4.78, 5) is 12.5. The predicted molar refractivity (Wildman–Crippen MR) is 105 cm³/mol. The topological polar surface area (TPSA) is 101 Å². The normalized spacial score (nSPS) is 17.0. The van der Waals surface area contributed by atoms with Crippen LogP contribution in [0.2, 0.25) is 0 Å². The number of carbonyl (C=O) groups excluding carboxylic acids is 1. The first-order valence-corrected chi connectivity index (χ1v) is 10.7. The number of carbonyl (C=O) groups is 1. The van der Waals surface area contributed by atoms with Gasteiger partial charge in [0.25, 0.3) is 5.91 Å². The van der Waals surface area contributed by atoms with E-state index >= 15 is 0 Å². The second-order valence-corrected chi connectivity index (χ2v) is 8.52. The van der Waals surface area contributed by atoms with Crippen molar-refractivity contribution in [1.82, 2.24) is 10.6 Å². The van der Waals surface area contributed by atoms with Crippen LogP contribution in [-0.4, -0.2) is 34.0 Å². The van der Waals surface area contributed by atoms with Crippen molar-refractivity contribution in [2.45, 2.75) is 24.2 Å². The molecule has 0 radical (unpaired) electrons. The molecule has 1 unspecified atom stereocenters. The maximum atomic E-state index is 12.4. The maximum Gasteiger partial charge on any atom is 0.251 e. The van der Waals surface area contributed by atoms with Gasteiger partial charge >= 0.3 is 0 Å². The molecule has 2 aromatic carbocycles. The number of amides is 1. The number of rotatable bonds is 7. The Labute approximate surface area is 160 Å². The van der Waals surface area contributed by atoms with Gasteiger partial charge in [-0.05, 0) is 73.7 Å². The molecule has 0 aliphatic carbocycles. The van der Waals surface area contributed by atoms with E-state index in [-0.39, 0.29) is 10.8 Å². The van der Waals surface area contributed by atoms with Crippen LogP contribution in [0.25, 0.3) is 0 Å². The zero-order valence-corrected chi connectivity index (χ0v) is 16.0. The Morgan fingerprint density at radius 2 is 1.93 bits per heavy atom. The highest BCUT2D eigenvalue weighted by atomic mass is 32.2. The van der Waals surface area contributed by atoms with Crippen molar-refractivity contribution in [3.8, 4) is 0 Å². The van der Waals surface area contributed by atoms with Gasteiger partial charge in [0.1, 0.15) is 0 Å². The fourth-order valence-electron chi connectivity index (χ4n) is 3.33. The Balaban J connectivity index is 1.51. The number of hydrogen-bond acceptors (Lipinski definition) is 4. The first kappa shape index (κ1) is 19.5. The Kier molecular flexibility index (Phi) is 6.26. The number of primary sulfonamides is 1. The quantitative estimate of drug-likeness (QED) is 0.669. The van der Waals surface area contributed by atoms with Crippen LogP contribution in [0.3, 0.4) is 0 Å². The molecule has 1 amide bonds. The van der Waals surface area contributed by atoms with Gasteiger partial charge in [-0.1, -0.05) is 24.3 Å². The molecule has 27 heavy (non-hydrogen) atoms. The monoisotopic (exact) mass is 387 g/mol. The van der Waals surface area contributed by atoms with Gasteiger partial charge in [0.15, 0.2) is 0 Å². The molecular formula is C20H25N3O3S. The molecule has 0 aromatic heterocycles. The third-order valence-corrected chi connectivity index (χ3v) is 5.76. The molecule has 1 aliphatic rings. The number of benzene rings is 2. The van der Waals surface area contributed by atoms with Gasteiger partial charge in [0.05, 0.1) is 4.90 Å². The molecule has 1 aliphatic heterocycles. The fraction of sp³-hybridized carbons (Fsp3) is 0.350. The van der Waals surface area contributed by atoms with Gasteiger partial charge < -0.3 is 10.6 Å². The summed E-state index contributed by atoms with van der Waals surface area (Å²) in [6.07, 6.45) is 2.79. The minimum Gasteiger partial charge on any atom is -0.352 e. The lowest BCUT2D eigenvalue weighted by Gasteiger charge is -2.10. The Morgan fingerprint density at radius 3 is 2.59 bits per heavy atom. The van der Waals surface area contributed by atoms with Crippen LogP contribution >= 0.6 is 0 Å². The van der Waals surface area contributed by atoms with E-state index in [1.54, 1.807) is 12.1 Å². The van der Waals surface area contributed by atoms with E-state index in [4.69, 9.17) is 5.14 Å². The smallest absolute Gasteiger partial charge is 0.251 e. The van der Waals surface area contributed by atoms with E-state index in [0.29, 0.717) is 24.4 Å². The summed E-state index contributed by atoms with van der Waals surface area (Å²) >= 11 is 0. The molecule has 0 bridgehead atoms. The molecule has 2 aromatic rings. The summed E-state index contributed by atoms with van der Waals surface area (Å²) in [5, 5.41) is 11.4. The minimum atomic E-state index is -3.68. The third-order valence-electron chi connectivity index (χ3n) is 4.83. The lowest BCUT2D eigenvalue weighted by atomic mass is 9.97. The van der Waals surface area contributed by atoms with Crippen molar-refractivity contribution < 1.29 is 13.2 Å². The van der Waals surface area contributed by atoms with E-state index in [9.17, 15) is 13.2 Å². The number of nitrogens with two attached hydrogens (primary N) is 1. The van der Waals surface area contributed by atoms with Crippen LogP contribution in [0.4, 0.5) is 0 Å². The van der Waals surface area contributed by atoms with Gasteiger partial charge in [-0.3, -0.25) is 4.79 Å². The van der Waals surface area contributed by atoms with Crippen LogP contribution < -0.4 is 15.8 Å². The molecular weight excluding hydrogens is 362 g/mol. The largest absolute Gasteiger partial charge is 0.352 e. The van der Waals surface area contributed by atoms with E-state index < -0.39 is 10.0 Å². The number of sulfonamides is 1. The molecule has 0 saturated carbocycles. The molecule has 1 atom stereocenters. The van der Waals surface area contributed by atoms with E-state index in [1.807, 2.05) is 18.2 Å². The van der Waals surface area contributed by atoms with Gasteiger partial charge in [0, 0.05) is 12.1 Å². The molecule has 3 rings (SSSR count). The van der Waals surface area contributed by atoms with Crippen molar-refractivity contribution >= 4 is 15.9 Å². The van der Waals surface area contributed by atoms with E-state index in [1.165, 1.54) is 24.1 Å². The van der Waals surface area contributed by atoms with Crippen molar-refractivity contribution in [3.63, 3.8) is 0 Å². The van der Waals surface area contributed by atoms with Crippen LogP contribution in [0.5, 0.6) is 0 Å². The highest BCUT2D eigenvalue weighted by Crippen LogP contribution is 2.16. The first-order chi connectivity index (χ1) is 12.9. The molecule has 144 valence electrons. The van der Waals surface area contributed by atoms with E-state index in [0.717, 1.165) is 25.1 Å². The zero-order valence-electron chi connectivity index (χ0n) is 15.1. The van der Waals surface area contributed by atoms with Crippen LogP contribution in [0.1, 0.15) is 27.9 Å². The van der Waals surface area contributed by atoms with Gasteiger partial charge in [0.2, 0.25) is 10.0 Å². The summed E-state index contributed by atoms with van der Waals surface area (Å²) in [5.74, 6) is 0.547. The molecule has 1 fully saturated rings. The molecule has 6 nitrogen and oxygen atoms in total. The summed E-state index contributed by atoms with van der Waals surface area (Å²) in [6.45, 7) is 2.59. The van der Waals surface area contributed by atoms with Crippen molar-refractivity contribution in [2.24, 2.45) is 11.1 Å².